The van der Waals surface area contributed by atoms with Crippen LogP contribution in [0.2, 0.25) is 0 Å². The molecule has 0 bridgehead atoms. The Kier molecular flexibility index (Phi) is 15.6. The first-order chi connectivity index (χ1) is 34.5. The molecule has 6 aromatic rings. The molecule has 16 nitrogen and oxygen atoms in total. The Labute approximate surface area is 416 Å². The van der Waals surface area contributed by atoms with Gasteiger partial charge in [-0.1, -0.05) is 0 Å². The first-order valence-corrected chi connectivity index (χ1v) is 25.3. The number of benzene rings is 4. The zero-order valence-corrected chi connectivity index (χ0v) is 41.4. The van der Waals surface area contributed by atoms with Gasteiger partial charge in [-0.3, -0.25) is 4.79 Å². The lowest BCUT2D eigenvalue weighted by Crippen LogP contribution is -2.40. The smallest absolute Gasteiger partial charge is 0.321 e. The molecule has 3 saturated heterocycles. The molecule has 71 heavy (non-hydrogen) atoms. The van der Waals surface area contributed by atoms with Crippen molar-refractivity contribution in [3.8, 4) is 17.2 Å². The van der Waals surface area contributed by atoms with E-state index in [2.05, 4.69) is 57.7 Å². The summed E-state index contributed by atoms with van der Waals surface area (Å²) in [5, 5.41) is 8.12. The number of aromatic nitrogens is 4. The maximum absolute atomic E-state index is 13.4. The fraction of sp³-hybridized carbons (Fsp3) is 0.436. The number of piperidine rings is 2. The lowest BCUT2D eigenvalue weighted by molar-refractivity contribution is -0.127. The van der Waals surface area contributed by atoms with Crippen molar-refractivity contribution in [3.05, 3.63) is 109 Å². The third kappa shape index (κ3) is 12.4. The van der Waals surface area contributed by atoms with Crippen LogP contribution in [-0.2, 0) is 4.79 Å². The standard InChI is InChI=1S/C55H66N10O6/c1-37(2)70-44-13-8-41(9-14-44)60-54(67)64-28-21-39(22-29-64)52-47-18-12-43(33-50(47)57-36-58-52)62(4)27-20-38(3)71-45-15-10-42(11-16-45)61-55(68)65-30-23-40(24-31-65)53-48-34-46(17-19-49(48)56-35-59-53)69-32-6-26-63-25-5-7-51(63)66/h8-19,33-40H,5-7,20-32H2,1-4H3,(H,60,67)(H,61,68). The average Bonchev–Trinajstić information content (AvgIpc) is 3.81. The van der Waals surface area contributed by atoms with Crippen molar-refractivity contribution >= 4 is 56.8 Å². The molecule has 16 heteroatoms. The van der Waals surface area contributed by atoms with E-state index in [-0.39, 0.29) is 42.0 Å². The van der Waals surface area contributed by atoms with E-state index in [9.17, 15) is 14.4 Å². The van der Waals surface area contributed by atoms with Gasteiger partial charge in [-0.25, -0.2) is 29.5 Å². The third-order valence-corrected chi connectivity index (χ3v) is 13.9. The number of nitrogens with one attached hydrogen (secondary N) is 2. The number of likely N-dealkylation sites (tertiary alicyclic amines) is 3. The third-order valence-electron chi connectivity index (χ3n) is 13.9. The SMILES string of the molecule is CC(C)Oc1ccc(NC(=O)N2CCC(c3ncnc4cc(N(C)CCC(C)Oc5ccc(NC(=O)N6CCC(c7ncnc8ccc(OCCCN9CCCC9=O)cc78)CC6)cc5)ccc34)CC2)cc1. The Hall–Kier alpha value is -7.23. The van der Waals surface area contributed by atoms with Crippen LogP contribution in [0.3, 0.4) is 0 Å². The Bertz CT molecular complexity index is 2780. The molecule has 0 spiro atoms. The molecule has 3 aliphatic rings. The molecule has 1 unspecified atom stereocenters. The van der Waals surface area contributed by atoms with Gasteiger partial charge in [-0.05, 0) is 144 Å². The molecule has 3 aliphatic heterocycles. The van der Waals surface area contributed by atoms with Crippen LogP contribution < -0.4 is 29.7 Å². The molecule has 5 heterocycles. The molecule has 5 amide bonds. The maximum atomic E-state index is 13.4. The lowest BCUT2D eigenvalue weighted by atomic mass is 9.91. The minimum absolute atomic E-state index is 0.0461. The fourth-order valence-electron chi connectivity index (χ4n) is 9.90. The van der Waals surface area contributed by atoms with Crippen LogP contribution in [0.1, 0.15) is 95.4 Å². The van der Waals surface area contributed by atoms with Crippen molar-refractivity contribution in [2.24, 2.45) is 0 Å². The molecule has 2 N–H and O–H groups in total. The molecular weight excluding hydrogens is 897 g/mol. The Morgan fingerprint density at radius 2 is 1.25 bits per heavy atom. The second kappa shape index (κ2) is 22.7. The fourth-order valence-corrected chi connectivity index (χ4v) is 9.90. The highest BCUT2D eigenvalue weighted by Crippen LogP contribution is 2.35. The predicted molar refractivity (Wildman–Crippen MR) is 277 cm³/mol. The minimum Gasteiger partial charge on any atom is -0.494 e. The van der Waals surface area contributed by atoms with Crippen LogP contribution in [0.15, 0.2) is 97.6 Å². The number of urea groups is 2. The van der Waals surface area contributed by atoms with Crippen LogP contribution in [0.25, 0.3) is 21.8 Å². The van der Waals surface area contributed by atoms with E-state index in [4.69, 9.17) is 24.2 Å². The topological polar surface area (TPSA) is 167 Å². The Morgan fingerprint density at radius 3 is 1.85 bits per heavy atom. The number of anilines is 3. The number of nitrogens with zero attached hydrogens (tertiary/aromatic N) is 8. The minimum atomic E-state index is -0.123. The van der Waals surface area contributed by atoms with Crippen molar-refractivity contribution in [2.75, 3.05) is 75.0 Å². The molecule has 0 saturated carbocycles. The molecule has 3 fully saturated rings. The summed E-state index contributed by atoms with van der Waals surface area (Å²) >= 11 is 0. The summed E-state index contributed by atoms with van der Waals surface area (Å²) in [4.78, 5) is 64.9. The highest BCUT2D eigenvalue weighted by atomic mass is 16.5. The largest absolute Gasteiger partial charge is 0.494 e. The van der Waals surface area contributed by atoms with E-state index < -0.39 is 0 Å². The number of fused-ring (bicyclic) bond motifs is 2. The van der Waals surface area contributed by atoms with Crippen LogP contribution in [0.4, 0.5) is 26.7 Å². The molecule has 0 aliphatic carbocycles. The quantitative estimate of drug-likeness (QED) is 0.0836. The summed E-state index contributed by atoms with van der Waals surface area (Å²) in [5.74, 6) is 2.96. The van der Waals surface area contributed by atoms with Gasteiger partial charge in [0.05, 0.1) is 41.2 Å². The number of ether oxygens (including phenoxy) is 3. The molecule has 0 radical (unpaired) electrons. The second-order valence-electron chi connectivity index (χ2n) is 19.3. The van der Waals surface area contributed by atoms with Gasteiger partial charge in [0.15, 0.2) is 0 Å². The lowest BCUT2D eigenvalue weighted by Gasteiger charge is -2.32. The molecule has 2 aromatic heterocycles. The van der Waals surface area contributed by atoms with E-state index in [1.54, 1.807) is 12.7 Å². The number of amides is 5. The van der Waals surface area contributed by atoms with Crippen molar-refractivity contribution in [1.29, 1.82) is 0 Å². The number of hydrogen-bond acceptors (Lipinski definition) is 11. The van der Waals surface area contributed by atoms with Gasteiger partial charge in [0.2, 0.25) is 5.91 Å². The summed E-state index contributed by atoms with van der Waals surface area (Å²) in [7, 11) is 2.08. The van der Waals surface area contributed by atoms with Crippen LogP contribution in [0.5, 0.6) is 17.2 Å². The number of carbonyl (C=O) groups is 3. The Morgan fingerprint density at radius 1 is 0.676 bits per heavy atom. The van der Waals surface area contributed by atoms with E-state index in [1.807, 2.05) is 95.3 Å². The number of rotatable bonds is 17. The normalized spacial score (nSPS) is 16.1. The summed E-state index contributed by atoms with van der Waals surface area (Å²) in [5.41, 5.74) is 6.32. The van der Waals surface area contributed by atoms with Gasteiger partial charge in [0, 0.05) is 105 Å². The monoisotopic (exact) mass is 963 g/mol. The van der Waals surface area contributed by atoms with Crippen LogP contribution >= 0.6 is 0 Å². The zero-order valence-electron chi connectivity index (χ0n) is 41.4. The second-order valence-corrected chi connectivity index (χ2v) is 19.3. The van der Waals surface area contributed by atoms with Crippen molar-refractivity contribution in [3.63, 3.8) is 0 Å². The zero-order chi connectivity index (χ0) is 49.3. The summed E-state index contributed by atoms with van der Waals surface area (Å²) in [6.45, 7) is 11.4. The van der Waals surface area contributed by atoms with Crippen molar-refractivity contribution in [2.45, 2.75) is 96.2 Å². The Balaban J connectivity index is 0.699. The van der Waals surface area contributed by atoms with Crippen molar-refractivity contribution < 1.29 is 28.6 Å². The highest BCUT2D eigenvalue weighted by molar-refractivity contribution is 5.90. The number of hydrogen-bond donors (Lipinski definition) is 2. The molecule has 9 rings (SSSR count). The van der Waals surface area contributed by atoms with E-state index in [0.29, 0.717) is 44.9 Å². The summed E-state index contributed by atoms with van der Waals surface area (Å²) in [6, 6.07) is 27.2. The van der Waals surface area contributed by atoms with Gasteiger partial charge in [0.25, 0.3) is 0 Å². The van der Waals surface area contributed by atoms with Gasteiger partial charge < -0.3 is 44.4 Å². The van der Waals surface area contributed by atoms with E-state index in [1.165, 1.54) is 0 Å². The van der Waals surface area contributed by atoms with Crippen LogP contribution in [-0.4, -0.2) is 124 Å². The van der Waals surface area contributed by atoms with Gasteiger partial charge in [0.1, 0.15) is 29.9 Å². The van der Waals surface area contributed by atoms with Crippen LogP contribution in [0, 0.1) is 0 Å². The van der Waals surface area contributed by atoms with Gasteiger partial charge in [-0.2, -0.15) is 0 Å². The molecule has 1 atom stereocenters. The molecular formula is C55H66N10O6. The predicted octanol–water partition coefficient (Wildman–Crippen LogP) is 9.87. The van der Waals surface area contributed by atoms with Gasteiger partial charge in [-0.15, -0.1) is 0 Å². The van der Waals surface area contributed by atoms with E-state index in [0.717, 1.165) is 126 Å². The molecule has 4 aromatic carbocycles. The van der Waals surface area contributed by atoms with Crippen molar-refractivity contribution in [1.82, 2.24) is 34.6 Å². The summed E-state index contributed by atoms with van der Waals surface area (Å²) < 4.78 is 18.1. The first kappa shape index (κ1) is 48.8. The maximum Gasteiger partial charge on any atom is 0.321 e. The average molecular weight is 963 g/mol. The highest BCUT2D eigenvalue weighted by Gasteiger charge is 2.28. The summed E-state index contributed by atoms with van der Waals surface area (Å²) in [6.07, 6.45) is 9.74. The first-order valence-electron chi connectivity index (χ1n) is 25.3. The number of carbonyl (C=O) groups excluding carboxylic acids is 3. The van der Waals surface area contributed by atoms with E-state index >= 15 is 0 Å². The van der Waals surface area contributed by atoms with Gasteiger partial charge >= 0.3 is 12.1 Å². The molecule has 372 valence electrons.